The van der Waals surface area contributed by atoms with Crippen molar-refractivity contribution < 1.29 is 0 Å². The first-order valence-electron chi connectivity index (χ1n) is 7.70. The second-order valence-corrected chi connectivity index (χ2v) is 8.85. The first-order chi connectivity index (χ1) is 10.4. The Bertz CT molecular complexity index is 510. The van der Waals surface area contributed by atoms with Gasteiger partial charge in [-0.25, -0.2) is 9.98 Å². The van der Waals surface area contributed by atoms with Gasteiger partial charge < -0.3 is 15.1 Å². The quantitative estimate of drug-likeness (QED) is 0.673. The third-order valence-electron chi connectivity index (χ3n) is 3.37. The fraction of sp³-hybridized carbons (Fsp3) is 0.733. The van der Waals surface area contributed by atoms with Crippen LogP contribution in [0.25, 0.3) is 0 Å². The van der Waals surface area contributed by atoms with Crippen LogP contribution < -0.4 is 10.2 Å². The summed E-state index contributed by atoms with van der Waals surface area (Å²) in [6.45, 7) is 10.3. The monoisotopic (exact) mass is 341 g/mol. The van der Waals surface area contributed by atoms with Gasteiger partial charge in [-0.3, -0.25) is 0 Å². The maximum Gasteiger partial charge on any atom is 0.194 e. The predicted octanol–water partition coefficient (Wildman–Crippen LogP) is 2.50. The average molecular weight is 342 g/mol. The number of guanidine groups is 1. The summed E-state index contributed by atoms with van der Waals surface area (Å²) < 4.78 is 0.285. The molecule has 7 heteroatoms. The highest BCUT2D eigenvalue weighted by Crippen LogP contribution is 2.29. The summed E-state index contributed by atoms with van der Waals surface area (Å²) in [5.74, 6) is 2.16. The molecule has 0 spiro atoms. The number of hydrogen-bond acceptors (Lipinski definition) is 5. The number of thiazole rings is 1. The number of hydrogen-bond donors (Lipinski definition) is 1. The van der Waals surface area contributed by atoms with E-state index >= 15 is 0 Å². The van der Waals surface area contributed by atoms with Crippen LogP contribution in [-0.2, 0) is 6.54 Å². The first kappa shape index (κ1) is 17.4. The zero-order valence-corrected chi connectivity index (χ0v) is 15.9. The molecular weight excluding hydrogens is 314 g/mol. The Hall–Kier alpha value is -0.950. The van der Waals surface area contributed by atoms with Crippen LogP contribution in [0.5, 0.6) is 0 Å². The van der Waals surface area contributed by atoms with Crippen LogP contribution in [0.15, 0.2) is 10.4 Å². The van der Waals surface area contributed by atoms with Crippen molar-refractivity contribution in [3.8, 4) is 0 Å². The van der Waals surface area contributed by atoms with Gasteiger partial charge in [-0.05, 0) is 20.8 Å². The fourth-order valence-corrected chi connectivity index (χ4v) is 4.21. The Morgan fingerprint density at radius 2 is 2.27 bits per heavy atom. The number of nitrogens with one attached hydrogen (secondary N) is 1. The molecule has 0 radical (unpaired) electrons. The van der Waals surface area contributed by atoms with Crippen LogP contribution >= 0.6 is 23.1 Å². The van der Waals surface area contributed by atoms with Crippen LogP contribution in [0.3, 0.4) is 0 Å². The smallest absolute Gasteiger partial charge is 0.194 e. The molecule has 1 aromatic heterocycles. The normalized spacial score (nSPS) is 18.4. The van der Waals surface area contributed by atoms with Crippen molar-refractivity contribution in [3.05, 3.63) is 11.1 Å². The molecule has 1 aliphatic heterocycles. The van der Waals surface area contributed by atoms with Crippen LogP contribution in [0.4, 0.5) is 5.13 Å². The molecule has 0 atom stereocenters. The Labute approximate surface area is 142 Å². The van der Waals surface area contributed by atoms with Gasteiger partial charge in [0.2, 0.25) is 0 Å². The van der Waals surface area contributed by atoms with Crippen LogP contribution in [-0.4, -0.2) is 60.1 Å². The van der Waals surface area contributed by atoms with E-state index in [0.717, 1.165) is 42.2 Å². The second kappa shape index (κ2) is 7.55. The van der Waals surface area contributed by atoms with Crippen molar-refractivity contribution in [1.82, 2.24) is 15.2 Å². The van der Waals surface area contributed by atoms with E-state index in [4.69, 9.17) is 4.99 Å². The molecule has 0 amide bonds. The van der Waals surface area contributed by atoms with Gasteiger partial charge in [-0.2, -0.15) is 11.8 Å². The van der Waals surface area contributed by atoms with Gasteiger partial charge in [0.1, 0.15) is 0 Å². The molecule has 1 fully saturated rings. The van der Waals surface area contributed by atoms with Crippen molar-refractivity contribution in [2.45, 2.75) is 32.1 Å². The molecule has 0 aromatic carbocycles. The molecule has 2 rings (SSSR count). The molecule has 1 saturated heterocycles. The predicted molar refractivity (Wildman–Crippen MR) is 99.4 cm³/mol. The van der Waals surface area contributed by atoms with E-state index in [2.05, 4.69) is 41.4 Å². The number of aliphatic imine (C=N–C) groups is 1. The molecule has 124 valence electrons. The zero-order valence-electron chi connectivity index (χ0n) is 14.2. The van der Waals surface area contributed by atoms with E-state index in [-0.39, 0.29) is 4.75 Å². The third-order valence-corrected chi connectivity index (χ3v) is 5.73. The van der Waals surface area contributed by atoms with Crippen LogP contribution in [0, 0.1) is 0 Å². The van der Waals surface area contributed by atoms with Gasteiger partial charge in [0.15, 0.2) is 11.1 Å². The first-order valence-corrected chi connectivity index (χ1v) is 9.57. The highest BCUT2D eigenvalue weighted by Gasteiger charge is 2.28. The lowest BCUT2D eigenvalue weighted by atomic mass is 10.2. The minimum Gasteiger partial charge on any atom is -0.357 e. The molecule has 1 aromatic rings. The Kier molecular flexibility index (Phi) is 5.97. The number of thioether (sulfide) groups is 1. The zero-order chi connectivity index (χ0) is 16.2. The molecule has 1 N–H and O–H groups in total. The lowest BCUT2D eigenvalue weighted by Crippen LogP contribution is -2.50. The summed E-state index contributed by atoms with van der Waals surface area (Å²) in [5, 5.41) is 6.55. The summed E-state index contributed by atoms with van der Waals surface area (Å²) in [6.07, 6.45) is 0. The van der Waals surface area contributed by atoms with E-state index < -0.39 is 0 Å². The van der Waals surface area contributed by atoms with Crippen molar-refractivity contribution in [2.75, 3.05) is 44.4 Å². The molecule has 0 aliphatic carbocycles. The lowest BCUT2D eigenvalue weighted by Gasteiger charge is -2.39. The molecule has 22 heavy (non-hydrogen) atoms. The van der Waals surface area contributed by atoms with E-state index in [9.17, 15) is 0 Å². The van der Waals surface area contributed by atoms with E-state index in [1.54, 1.807) is 11.3 Å². The minimum atomic E-state index is 0.285. The largest absolute Gasteiger partial charge is 0.357 e. The van der Waals surface area contributed by atoms with Crippen molar-refractivity contribution in [3.63, 3.8) is 0 Å². The lowest BCUT2D eigenvalue weighted by molar-refractivity contribution is 0.375. The Balaban J connectivity index is 2.05. The average Bonchev–Trinajstić information content (AvgIpc) is 2.91. The number of nitrogens with zero attached hydrogens (tertiary/aromatic N) is 4. The SMILES string of the molecule is CCNC(=NCc1csc(N(C)C)n1)N1CCSC(C)(C)C1. The molecule has 5 nitrogen and oxygen atoms in total. The van der Waals surface area contributed by atoms with Crippen molar-refractivity contribution >= 4 is 34.2 Å². The number of rotatable bonds is 4. The molecule has 0 saturated carbocycles. The minimum absolute atomic E-state index is 0.285. The van der Waals surface area contributed by atoms with E-state index in [0.29, 0.717) is 6.54 Å². The van der Waals surface area contributed by atoms with Crippen molar-refractivity contribution in [1.29, 1.82) is 0 Å². The van der Waals surface area contributed by atoms with Gasteiger partial charge in [0, 0.05) is 49.6 Å². The van der Waals surface area contributed by atoms with E-state index in [1.807, 2.05) is 30.8 Å². The highest BCUT2D eigenvalue weighted by molar-refractivity contribution is 8.00. The molecule has 0 bridgehead atoms. The Morgan fingerprint density at radius 1 is 1.50 bits per heavy atom. The summed E-state index contributed by atoms with van der Waals surface area (Å²) >= 11 is 3.71. The summed E-state index contributed by atoms with van der Waals surface area (Å²) in [4.78, 5) is 13.8. The molecule has 0 unspecified atom stereocenters. The molecule has 2 heterocycles. The van der Waals surface area contributed by atoms with Crippen LogP contribution in [0.1, 0.15) is 26.5 Å². The van der Waals surface area contributed by atoms with E-state index in [1.165, 1.54) is 0 Å². The third kappa shape index (κ3) is 4.78. The topological polar surface area (TPSA) is 43.8 Å². The molecular formula is C15H27N5S2. The number of aromatic nitrogens is 1. The van der Waals surface area contributed by atoms with Gasteiger partial charge in [-0.15, -0.1) is 11.3 Å². The fourth-order valence-electron chi connectivity index (χ4n) is 2.35. The maximum absolute atomic E-state index is 4.79. The van der Waals surface area contributed by atoms with Gasteiger partial charge in [0.05, 0.1) is 12.2 Å². The standard InChI is InChI=1S/C15H27N5S2/c1-6-16-13(20-7-8-22-15(2,3)11-20)17-9-12-10-21-14(18-12)19(4)5/h10H,6-9,11H2,1-5H3,(H,16,17). The highest BCUT2D eigenvalue weighted by atomic mass is 32.2. The van der Waals surface area contributed by atoms with Gasteiger partial charge in [-0.1, -0.05) is 0 Å². The summed E-state index contributed by atoms with van der Waals surface area (Å²) in [7, 11) is 4.03. The maximum atomic E-state index is 4.79. The number of anilines is 1. The molecule has 1 aliphatic rings. The van der Waals surface area contributed by atoms with Gasteiger partial charge in [0.25, 0.3) is 0 Å². The van der Waals surface area contributed by atoms with Crippen molar-refractivity contribution in [2.24, 2.45) is 4.99 Å². The second-order valence-electron chi connectivity index (χ2n) is 6.22. The summed E-state index contributed by atoms with van der Waals surface area (Å²) in [6, 6.07) is 0. The van der Waals surface area contributed by atoms with Gasteiger partial charge >= 0.3 is 0 Å². The van der Waals surface area contributed by atoms with Crippen LogP contribution in [0.2, 0.25) is 0 Å². The summed E-state index contributed by atoms with van der Waals surface area (Å²) in [5.41, 5.74) is 1.04. The Morgan fingerprint density at radius 3 is 2.86 bits per heavy atom.